The lowest BCUT2D eigenvalue weighted by atomic mass is 9.94. The average molecular weight is 373 g/mol. The third-order valence-electron chi connectivity index (χ3n) is 4.33. The number of piperazine rings is 1. The SMILES string of the molecule is Fc1ccccc1C(c1ccc(Cl)c(C(F)(F)F)c1)N1CCNCC1. The number of benzene rings is 2. The van der Waals surface area contributed by atoms with Crippen LogP contribution in [0.1, 0.15) is 22.7 Å². The van der Waals surface area contributed by atoms with E-state index in [9.17, 15) is 17.6 Å². The van der Waals surface area contributed by atoms with Gasteiger partial charge in [0.2, 0.25) is 0 Å². The summed E-state index contributed by atoms with van der Waals surface area (Å²) in [5.74, 6) is -0.436. The summed E-state index contributed by atoms with van der Waals surface area (Å²) in [6, 6.07) is 9.40. The van der Waals surface area contributed by atoms with E-state index < -0.39 is 23.6 Å². The van der Waals surface area contributed by atoms with Gasteiger partial charge in [-0.3, -0.25) is 4.90 Å². The van der Waals surface area contributed by atoms with Crippen LogP contribution in [0.4, 0.5) is 17.6 Å². The van der Waals surface area contributed by atoms with Crippen molar-refractivity contribution in [3.8, 4) is 0 Å². The van der Waals surface area contributed by atoms with Gasteiger partial charge in [-0.15, -0.1) is 0 Å². The van der Waals surface area contributed by atoms with Gasteiger partial charge in [0.15, 0.2) is 0 Å². The molecule has 1 aliphatic rings. The van der Waals surface area contributed by atoms with Crippen LogP contribution in [-0.4, -0.2) is 31.1 Å². The van der Waals surface area contributed by atoms with Crippen LogP contribution in [0.25, 0.3) is 0 Å². The minimum absolute atomic E-state index is 0.358. The Kier molecular flexibility index (Phi) is 5.32. The molecule has 25 heavy (non-hydrogen) atoms. The summed E-state index contributed by atoms with van der Waals surface area (Å²) >= 11 is 5.73. The van der Waals surface area contributed by atoms with E-state index in [2.05, 4.69) is 5.32 Å². The maximum absolute atomic E-state index is 14.4. The highest BCUT2D eigenvalue weighted by atomic mass is 35.5. The zero-order valence-electron chi connectivity index (χ0n) is 13.3. The first kappa shape index (κ1) is 18.2. The van der Waals surface area contributed by atoms with E-state index in [1.54, 1.807) is 18.2 Å². The quantitative estimate of drug-likeness (QED) is 0.798. The average Bonchev–Trinajstić information content (AvgIpc) is 2.58. The fraction of sp³-hybridized carbons (Fsp3) is 0.333. The summed E-state index contributed by atoms with van der Waals surface area (Å²) in [5, 5.41) is 2.84. The molecule has 134 valence electrons. The lowest BCUT2D eigenvalue weighted by molar-refractivity contribution is -0.137. The summed E-state index contributed by atoms with van der Waals surface area (Å²) in [5.41, 5.74) is -0.160. The van der Waals surface area contributed by atoms with Gasteiger partial charge in [0.25, 0.3) is 0 Å². The molecule has 0 aromatic heterocycles. The van der Waals surface area contributed by atoms with Crippen molar-refractivity contribution in [1.82, 2.24) is 10.2 Å². The molecule has 2 nitrogen and oxygen atoms in total. The van der Waals surface area contributed by atoms with Crippen LogP contribution < -0.4 is 5.32 Å². The molecule has 2 aromatic rings. The molecule has 1 saturated heterocycles. The van der Waals surface area contributed by atoms with E-state index in [0.29, 0.717) is 37.3 Å². The molecule has 7 heteroatoms. The van der Waals surface area contributed by atoms with Gasteiger partial charge in [-0.1, -0.05) is 35.9 Å². The smallest absolute Gasteiger partial charge is 0.314 e. The molecule has 1 fully saturated rings. The first-order valence-corrected chi connectivity index (χ1v) is 8.31. The third-order valence-corrected chi connectivity index (χ3v) is 4.66. The van der Waals surface area contributed by atoms with Crippen molar-refractivity contribution < 1.29 is 17.6 Å². The second kappa shape index (κ2) is 7.32. The second-order valence-corrected chi connectivity index (χ2v) is 6.35. The Hall–Kier alpha value is -1.63. The fourth-order valence-electron chi connectivity index (χ4n) is 3.15. The summed E-state index contributed by atoms with van der Waals surface area (Å²) < 4.78 is 54.1. The van der Waals surface area contributed by atoms with E-state index in [4.69, 9.17) is 11.6 Å². The Labute approximate surface area is 148 Å². The van der Waals surface area contributed by atoms with Gasteiger partial charge in [-0.05, 0) is 23.8 Å². The van der Waals surface area contributed by atoms with Crippen molar-refractivity contribution in [3.05, 3.63) is 70.0 Å². The highest BCUT2D eigenvalue weighted by Gasteiger charge is 2.35. The summed E-state index contributed by atoms with van der Waals surface area (Å²) in [6.45, 7) is 2.63. The molecule has 1 aliphatic heterocycles. The topological polar surface area (TPSA) is 15.3 Å². The maximum Gasteiger partial charge on any atom is 0.417 e. The van der Waals surface area contributed by atoms with Crippen molar-refractivity contribution in [1.29, 1.82) is 0 Å². The first-order valence-electron chi connectivity index (χ1n) is 7.94. The van der Waals surface area contributed by atoms with Gasteiger partial charge >= 0.3 is 6.18 Å². The highest BCUT2D eigenvalue weighted by Crippen LogP contribution is 2.38. The van der Waals surface area contributed by atoms with E-state index in [0.717, 1.165) is 6.07 Å². The number of halogens is 5. The van der Waals surface area contributed by atoms with Crippen LogP contribution in [0.5, 0.6) is 0 Å². The molecule has 1 atom stereocenters. The van der Waals surface area contributed by atoms with Crippen LogP contribution in [0.15, 0.2) is 42.5 Å². The van der Waals surface area contributed by atoms with Crippen molar-refractivity contribution in [2.75, 3.05) is 26.2 Å². The molecule has 3 rings (SSSR count). The van der Waals surface area contributed by atoms with Gasteiger partial charge in [-0.2, -0.15) is 13.2 Å². The molecule has 0 aliphatic carbocycles. The Morgan fingerprint density at radius 3 is 2.36 bits per heavy atom. The van der Waals surface area contributed by atoms with Crippen molar-refractivity contribution >= 4 is 11.6 Å². The fourth-order valence-corrected chi connectivity index (χ4v) is 3.38. The van der Waals surface area contributed by atoms with E-state index >= 15 is 0 Å². The van der Waals surface area contributed by atoms with Gasteiger partial charge in [0.1, 0.15) is 5.82 Å². The van der Waals surface area contributed by atoms with Crippen molar-refractivity contribution in [2.24, 2.45) is 0 Å². The minimum Gasteiger partial charge on any atom is -0.314 e. The molecular formula is C18H17ClF4N2. The minimum atomic E-state index is -4.56. The second-order valence-electron chi connectivity index (χ2n) is 5.95. The summed E-state index contributed by atoms with van der Waals surface area (Å²) in [6.07, 6.45) is -4.56. The van der Waals surface area contributed by atoms with E-state index in [1.165, 1.54) is 18.2 Å². The van der Waals surface area contributed by atoms with Crippen LogP contribution >= 0.6 is 11.6 Å². The van der Waals surface area contributed by atoms with Crippen LogP contribution in [0.2, 0.25) is 5.02 Å². The lowest BCUT2D eigenvalue weighted by Gasteiger charge is -2.36. The van der Waals surface area contributed by atoms with Gasteiger partial charge in [0, 0.05) is 31.7 Å². The molecule has 2 aromatic carbocycles. The number of nitrogens with zero attached hydrogens (tertiary/aromatic N) is 1. The van der Waals surface area contributed by atoms with E-state index in [1.807, 2.05) is 4.90 Å². The molecule has 0 radical (unpaired) electrons. The largest absolute Gasteiger partial charge is 0.417 e. The third kappa shape index (κ3) is 3.97. The normalized spacial score (nSPS) is 17.5. The van der Waals surface area contributed by atoms with Crippen LogP contribution in [0.3, 0.4) is 0 Å². The van der Waals surface area contributed by atoms with Gasteiger partial charge in [-0.25, -0.2) is 4.39 Å². The van der Waals surface area contributed by atoms with Gasteiger partial charge in [0.05, 0.1) is 16.6 Å². The van der Waals surface area contributed by atoms with Crippen molar-refractivity contribution in [2.45, 2.75) is 12.2 Å². The molecule has 0 saturated carbocycles. The number of alkyl halides is 3. The zero-order chi connectivity index (χ0) is 18.0. The predicted molar refractivity (Wildman–Crippen MR) is 89.1 cm³/mol. The number of hydrogen-bond donors (Lipinski definition) is 1. The Bertz CT molecular complexity index is 742. The number of hydrogen-bond acceptors (Lipinski definition) is 2. The molecular weight excluding hydrogens is 356 g/mol. The summed E-state index contributed by atoms with van der Waals surface area (Å²) in [7, 11) is 0. The van der Waals surface area contributed by atoms with E-state index in [-0.39, 0.29) is 5.02 Å². The van der Waals surface area contributed by atoms with Crippen LogP contribution in [0, 0.1) is 5.82 Å². The standard InChI is InChI=1S/C18H17ClF4N2/c19-15-6-5-12(11-14(15)18(21,22)23)17(25-9-7-24-8-10-25)13-3-1-2-4-16(13)20/h1-6,11,17,24H,7-10H2. The number of nitrogens with one attached hydrogen (secondary N) is 1. The Morgan fingerprint density at radius 2 is 1.72 bits per heavy atom. The highest BCUT2D eigenvalue weighted by molar-refractivity contribution is 6.31. The molecule has 1 N–H and O–H groups in total. The number of rotatable bonds is 3. The maximum atomic E-state index is 14.4. The Balaban J connectivity index is 2.10. The molecule has 1 heterocycles. The van der Waals surface area contributed by atoms with Crippen molar-refractivity contribution in [3.63, 3.8) is 0 Å². The molecule has 0 bridgehead atoms. The molecule has 0 amide bonds. The monoisotopic (exact) mass is 372 g/mol. The lowest BCUT2D eigenvalue weighted by Crippen LogP contribution is -2.45. The Morgan fingerprint density at radius 1 is 1.04 bits per heavy atom. The predicted octanol–water partition coefficient (Wildman–Crippen LogP) is 4.49. The zero-order valence-corrected chi connectivity index (χ0v) is 14.0. The molecule has 1 unspecified atom stereocenters. The first-order chi connectivity index (χ1) is 11.9. The summed E-state index contributed by atoms with van der Waals surface area (Å²) in [4.78, 5) is 1.98. The van der Waals surface area contributed by atoms with Gasteiger partial charge < -0.3 is 5.32 Å². The molecule has 0 spiro atoms. The van der Waals surface area contributed by atoms with Crippen LogP contribution in [-0.2, 0) is 6.18 Å².